The largest absolute Gasteiger partial charge is 0.493 e. The van der Waals surface area contributed by atoms with Gasteiger partial charge in [0.15, 0.2) is 12.0 Å². The molecule has 0 aliphatic carbocycles. The number of rotatable bonds is 2. The Morgan fingerprint density at radius 3 is 3.06 bits per heavy atom. The first-order chi connectivity index (χ1) is 8.81. The molecule has 2 aromatic rings. The molecular weight excluding hydrogens is 254 g/mol. The first-order valence-electron chi connectivity index (χ1n) is 5.98. The molecule has 0 radical (unpaired) electrons. The maximum atomic E-state index is 6.08. The molecule has 18 heavy (non-hydrogen) atoms. The summed E-state index contributed by atoms with van der Waals surface area (Å²) in [6.45, 7) is 0.771. The molecule has 1 unspecified atom stereocenters. The molecule has 0 amide bonds. The van der Waals surface area contributed by atoms with Crippen LogP contribution in [0.4, 0.5) is 0 Å². The first-order valence-corrected chi connectivity index (χ1v) is 6.36. The van der Waals surface area contributed by atoms with Crippen molar-refractivity contribution in [3.05, 3.63) is 17.5 Å². The fourth-order valence-corrected chi connectivity index (χ4v) is 2.48. The highest BCUT2D eigenvalue weighted by Crippen LogP contribution is 2.33. The highest BCUT2D eigenvalue weighted by molar-refractivity contribution is 6.34. The quantitative estimate of drug-likeness (QED) is 0.785. The number of hydrogen-bond donors (Lipinski definition) is 0. The number of fused-ring (bicyclic) bond motifs is 1. The third-order valence-corrected chi connectivity index (χ3v) is 3.50. The van der Waals surface area contributed by atoms with Crippen molar-refractivity contribution >= 4 is 22.5 Å². The SMILES string of the molecule is COc1cnc(Cl)c2cnn(C3CCCCO3)c12. The summed E-state index contributed by atoms with van der Waals surface area (Å²) in [5.41, 5.74) is 0.851. The molecule has 6 heteroatoms. The molecule has 0 N–H and O–H groups in total. The van der Waals surface area contributed by atoms with Gasteiger partial charge in [0, 0.05) is 6.61 Å². The first kappa shape index (κ1) is 11.7. The number of halogens is 1. The molecule has 0 saturated carbocycles. The number of methoxy groups -OCH3 is 1. The standard InChI is InChI=1S/C12H14ClN3O2/c1-17-9-7-14-12(13)8-6-15-16(11(8)9)10-4-2-3-5-18-10/h6-7,10H,2-5H2,1H3. The van der Waals surface area contributed by atoms with Crippen LogP contribution >= 0.6 is 11.6 Å². The predicted molar refractivity (Wildman–Crippen MR) is 67.9 cm³/mol. The zero-order valence-corrected chi connectivity index (χ0v) is 10.9. The van der Waals surface area contributed by atoms with Crippen LogP contribution in [0.1, 0.15) is 25.5 Å². The number of ether oxygens (including phenoxy) is 2. The number of hydrogen-bond acceptors (Lipinski definition) is 4. The Balaban J connectivity index is 2.14. The van der Waals surface area contributed by atoms with E-state index in [9.17, 15) is 0 Å². The van der Waals surface area contributed by atoms with E-state index in [0.717, 1.165) is 36.8 Å². The van der Waals surface area contributed by atoms with Crippen molar-refractivity contribution in [3.63, 3.8) is 0 Å². The maximum Gasteiger partial charge on any atom is 0.163 e. The molecule has 1 fully saturated rings. The van der Waals surface area contributed by atoms with Gasteiger partial charge in [0.2, 0.25) is 0 Å². The Morgan fingerprint density at radius 2 is 2.33 bits per heavy atom. The number of aromatic nitrogens is 3. The van der Waals surface area contributed by atoms with Crippen LogP contribution in [0.15, 0.2) is 12.4 Å². The molecule has 1 atom stereocenters. The molecule has 3 rings (SSSR count). The fourth-order valence-electron chi connectivity index (χ4n) is 2.29. The summed E-state index contributed by atoms with van der Waals surface area (Å²) in [4.78, 5) is 4.08. The van der Waals surface area contributed by atoms with Gasteiger partial charge in [-0.15, -0.1) is 0 Å². The van der Waals surface area contributed by atoms with Gasteiger partial charge in [0.05, 0.1) is 24.9 Å². The molecule has 2 aromatic heterocycles. The summed E-state index contributed by atoms with van der Waals surface area (Å²) in [5.74, 6) is 0.668. The second-order valence-corrected chi connectivity index (χ2v) is 4.65. The minimum atomic E-state index is -0.0383. The minimum absolute atomic E-state index is 0.0383. The summed E-state index contributed by atoms with van der Waals surface area (Å²) in [7, 11) is 1.61. The average molecular weight is 268 g/mol. The Bertz CT molecular complexity index is 564. The van der Waals surface area contributed by atoms with Crippen LogP contribution in [0, 0.1) is 0 Å². The van der Waals surface area contributed by atoms with Gasteiger partial charge >= 0.3 is 0 Å². The van der Waals surface area contributed by atoms with Crippen molar-refractivity contribution in [1.82, 2.24) is 14.8 Å². The van der Waals surface area contributed by atoms with Gasteiger partial charge in [-0.1, -0.05) is 11.6 Å². The maximum absolute atomic E-state index is 6.08. The zero-order valence-electron chi connectivity index (χ0n) is 10.1. The molecular formula is C12H14ClN3O2. The second kappa shape index (κ2) is 4.74. The monoisotopic (exact) mass is 267 g/mol. The summed E-state index contributed by atoms with van der Waals surface area (Å²) in [5, 5.41) is 5.61. The summed E-state index contributed by atoms with van der Waals surface area (Å²) < 4.78 is 12.9. The summed E-state index contributed by atoms with van der Waals surface area (Å²) in [6, 6.07) is 0. The van der Waals surface area contributed by atoms with Gasteiger partial charge in [-0.3, -0.25) is 0 Å². The van der Waals surface area contributed by atoms with Gasteiger partial charge in [0.1, 0.15) is 10.7 Å². The van der Waals surface area contributed by atoms with Gasteiger partial charge in [-0.05, 0) is 19.3 Å². The molecule has 0 bridgehead atoms. The smallest absolute Gasteiger partial charge is 0.163 e. The van der Waals surface area contributed by atoms with Crippen molar-refractivity contribution in [1.29, 1.82) is 0 Å². The molecule has 1 aliphatic rings. The van der Waals surface area contributed by atoms with Crippen LogP contribution in [0.3, 0.4) is 0 Å². The van der Waals surface area contributed by atoms with Crippen molar-refractivity contribution in [2.24, 2.45) is 0 Å². The Hall–Kier alpha value is -1.33. The van der Waals surface area contributed by atoms with E-state index < -0.39 is 0 Å². The third kappa shape index (κ3) is 1.83. The van der Waals surface area contributed by atoms with Crippen molar-refractivity contribution < 1.29 is 9.47 Å². The summed E-state index contributed by atoms with van der Waals surface area (Å²) in [6.07, 6.45) is 6.50. The van der Waals surface area contributed by atoms with Crippen LogP contribution in [-0.4, -0.2) is 28.5 Å². The molecule has 3 heterocycles. The number of pyridine rings is 1. The topological polar surface area (TPSA) is 49.2 Å². The van der Waals surface area contributed by atoms with Gasteiger partial charge in [0.25, 0.3) is 0 Å². The van der Waals surface area contributed by atoms with Crippen LogP contribution in [-0.2, 0) is 4.74 Å². The van der Waals surface area contributed by atoms with Crippen molar-refractivity contribution in [2.75, 3.05) is 13.7 Å². The molecule has 96 valence electrons. The lowest BCUT2D eigenvalue weighted by Crippen LogP contribution is -2.19. The van der Waals surface area contributed by atoms with E-state index in [1.807, 2.05) is 4.68 Å². The van der Waals surface area contributed by atoms with E-state index in [1.165, 1.54) is 0 Å². The highest BCUT2D eigenvalue weighted by Gasteiger charge is 2.21. The Morgan fingerprint density at radius 1 is 1.44 bits per heavy atom. The molecule has 0 spiro atoms. The van der Waals surface area contributed by atoms with E-state index in [2.05, 4.69) is 10.1 Å². The van der Waals surface area contributed by atoms with Gasteiger partial charge in [-0.2, -0.15) is 5.10 Å². The predicted octanol–water partition coefficient (Wildman–Crippen LogP) is 2.79. The third-order valence-electron chi connectivity index (χ3n) is 3.19. The lowest BCUT2D eigenvalue weighted by atomic mass is 10.2. The van der Waals surface area contributed by atoms with E-state index in [-0.39, 0.29) is 6.23 Å². The van der Waals surface area contributed by atoms with Crippen molar-refractivity contribution in [2.45, 2.75) is 25.5 Å². The Kier molecular flexibility index (Phi) is 3.09. The van der Waals surface area contributed by atoms with Gasteiger partial charge in [-0.25, -0.2) is 9.67 Å². The van der Waals surface area contributed by atoms with E-state index in [1.54, 1.807) is 19.5 Å². The fraction of sp³-hybridized carbons (Fsp3) is 0.500. The zero-order chi connectivity index (χ0) is 12.5. The van der Waals surface area contributed by atoms with Crippen LogP contribution < -0.4 is 4.74 Å². The normalized spacial score (nSPS) is 20.2. The lowest BCUT2D eigenvalue weighted by Gasteiger charge is -2.23. The van der Waals surface area contributed by atoms with Crippen LogP contribution in [0.5, 0.6) is 5.75 Å². The average Bonchev–Trinajstić information content (AvgIpc) is 2.86. The molecule has 1 saturated heterocycles. The molecule has 0 aromatic carbocycles. The van der Waals surface area contributed by atoms with Crippen LogP contribution in [0.2, 0.25) is 5.15 Å². The number of nitrogens with zero attached hydrogens (tertiary/aromatic N) is 3. The Labute approximate surface area is 110 Å². The summed E-state index contributed by atoms with van der Waals surface area (Å²) >= 11 is 6.08. The second-order valence-electron chi connectivity index (χ2n) is 4.29. The minimum Gasteiger partial charge on any atom is -0.493 e. The highest BCUT2D eigenvalue weighted by atomic mass is 35.5. The lowest BCUT2D eigenvalue weighted by molar-refractivity contribution is -0.0368. The van der Waals surface area contributed by atoms with E-state index >= 15 is 0 Å². The van der Waals surface area contributed by atoms with E-state index in [0.29, 0.717) is 10.9 Å². The van der Waals surface area contributed by atoms with Crippen LogP contribution in [0.25, 0.3) is 10.9 Å². The molecule has 1 aliphatic heterocycles. The van der Waals surface area contributed by atoms with E-state index in [4.69, 9.17) is 21.1 Å². The van der Waals surface area contributed by atoms with Gasteiger partial charge < -0.3 is 9.47 Å². The van der Waals surface area contributed by atoms with Crippen molar-refractivity contribution in [3.8, 4) is 5.75 Å². The molecule has 5 nitrogen and oxygen atoms in total.